The van der Waals surface area contributed by atoms with E-state index in [-0.39, 0.29) is 5.91 Å². The zero-order valence-corrected chi connectivity index (χ0v) is 13.6. The van der Waals surface area contributed by atoms with E-state index in [0.29, 0.717) is 6.04 Å². The predicted molar refractivity (Wildman–Crippen MR) is 88.1 cm³/mol. The molecule has 1 saturated heterocycles. The minimum absolute atomic E-state index is 0.251. The first-order valence-electron chi connectivity index (χ1n) is 8.14. The molecule has 1 aliphatic heterocycles. The Balaban J connectivity index is 2.24. The van der Waals surface area contributed by atoms with Gasteiger partial charge in [-0.3, -0.25) is 4.79 Å². The van der Waals surface area contributed by atoms with Gasteiger partial charge >= 0.3 is 0 Å². The quantitative estimate of drug-likeness (QED) is 0.861. The van der Waals surface area contributed by atoms with Crippen LogP contribution in [0.25, 0.3) is 0 Å². The van der Waals surface area contributed by atoms with Crippen LogP contribution in [0.4, 0.5) is 5.69 Å². The van der Waals surface area contributed by atoms with Gasteiger partial charge in [0.05, 0.1) is 5.41 Å². The molecule has 21 heavy (non-hydrogen) atoms. The molecule has 1 amide bonds. The van der Waals surface area contributed by atoms with Crippen LogP contribution in [0.5, 0.6) is 0 Å². The Morgan fingerprint density at radius 2 is 1.90 bits per heavy atom. The van der Waals surface area contributed by atoms with Gasteiger partial charge < -0.3 is 10.6 Å². The summed E-state index contributed by atoms with van der Waals surface area (Å²) < 4.78 is 0. The predicted octanol–water partition coefficient (Wildman–Crippen LogP) is 3.73. The zero-order valence-electron chi connectivity index (χ0n) is 13.6. The van der Waals surface area contributed by atoms with Crippen molar-refractivity contribution in [2.75, 3.05) is 12.3 Å². The summed E-state index contributed by atoms with van der Waals surface area (Å²) in [6.45, 7) is 7.14. The van der Waals surface area contributed by atoms with E-state index in [4.69, 9.17) is 5.73 Å². The molecule has 0 aromatic heterocycles. The summed E-state index contributed by atoms with van der Waals surface area (Å²) in [6, 6.07) is 8.11. The molecule has 1 fully saturated rings. The summed E-state index contributed by atoms with van der Waals surface area (Å²) in [5, 5.41) is 0. The molecular formula is C18H28N2O. The summed E-state index contributed by atoms with van der Waals surface area (Å²) in [5.41, 5.74) is 7.04. The minimum Gasteiger partial charge on any atom is -0.399 e. The van der Waals surface area contributed by atoms with E-state index in [0.717, 1.165) is 37.1 Å². The smallest absolute Gasteiger partial charge is 0.232 e. The highest BCUT2D eigenvalue weighted by molar-refractivity contribution is 5.87. The lowest BCUT2D eigenvalue weighted by Crippen LogP contribution is -2.48. The van der Waals surface area contributed by atoms with Crippen molar-refractivity contribution in [1.29, 1.82) is 0 Å². The van der Waals surface area contributed by atoms with Crippen LogP contribution in [-0.4, -0.2) is 23.4 Å². The Hall–Kier alpha value is -1.51. The normalized spacial score (nSPS) is 20.1. The molecule has 0 spiro atoms. The Kier molecular flexibility index (Phi) is 4.92. The minimum atomic E-state index is -0.495. The first-order valence-corrected chi connectivity index (χ1v) is 8.14. The molecule has 3 heteroatoms. The molecule has 0 saturated carbocycles. The van der Waals surface area contributed by atoms with Gasteiger partial charge in [-0.25, -0.2) is 0 Å². The lowest BCUT2D eigenvalue weighted by atomic mass is 9.82. The summed E-state index contributed by atoms with van der Waals surface area (Å²) in [5.74, 6) is 0.251. The zero-order chi connectivity index (χ0) is 15.5. The average Bonchev–Trinajstić information content (AvgIpc) is 2.71. The van der Waals surface area contributed by atoms with E-state index in [9.17, 15) is 4.79 Å². The van der Waals surface area contributed by atoms with E-state index in [1.54, 1.807) is 0 Å². The molecule has 0 radical (unpaired) electrons. The van der Waals surface area contributed by atoms with Gasteiger partial charge in [-0.15, -0.1) is 0 Å². The number of rotatable bonds is 3. The maximum atomic E-state index is 13.1. The van der Waals surface area contributed by atoms with Gasteiger partial charge in [0, 0.05) is 18.3 Å². The van der Waals surface area contributed by atoms with Crippen LogP contribution in [0.1, 0.15) is 58.4 Å². The second kappa shape index (κ2) is 6.50. The molecule has 0 bridgehead atoms. The van der Waals surface area contributed by atoms with E-state index in [1.165, 1.54) is 12.8 Å². The lowest BCUT2D eigenvalue weighted by molar-refractivity contribution is -0.138. The third-order valence-corrected chi connectivity index (χ3v) is 4.78. The molecular weight excluding hydrogens is 260 g/mol. The molecule has 1 atom stereocenters. The molecule has 2 rings (SSSR count). The average molecular weight is 288 g/mol. The maximum absolute atomic E-state index is 13.1. The van der Waals surface area contributed by atoms with Crippen molar-refractivity contribution >= 4 is 11.6 Å². The third kappa shape index (κ3) is 3.39. The lowest BCUT2D eigenvalue weighted by Gasteiger charge is -2.36. The molecule has 1 unspecified atom stereocenters. The second-order valence-corrected chi connectivity index (χ2v) is 6.66. The standard InChI is InChI=1S/C18H28N2O/c1-4-16-8-6-5-7-13-20(16)17(21)18(2,3)14-9-11-15(19)12-10-14/h9-12,16H,4-8,13,19H2,1-3H3. The van der Waals surface area contributed by atoms with Crippen LogP contribution < -0.4 is 5.73 Å². The van der Waals surface area contributed by atoms with Crippen LogP contribution >= 0.6 is 0 Å². The molecule has 1 aromatic rings. The monoisotopic (exact) mass is 288 g/mol. The number of nitrogens with two attached hydrogens (primary N) is 1. The number of benzene rings is 1. The summed E-state index contributed by atoms with van der Waals surface area (Å²) >= 11 is 0. The number of carbonyl (C=O) groups excluding carboxylic acids is 1. The largest absolute Gasteiger partial charge is 0.399 e. The van der Waals surface area contributed by atoms with Gasteiger partial charge in [-0.05, 0) is 50.8 Å². The fourth-order valence-corrected chi connectivity index (χ4v) is 3.25. The van der Waals surface area contributed by atoms with E-state index < -0.39 is 5.41 Å². The SMILES string of the molecule is CCC1CCCCCN1C(=O)C(C)(C)c1ccc(N)cc1. The number of amides is 1. The fraction of sp³-hybridized carbons (Fsp3) is 0.611. The van der Waals surface area contributed by atoms with Crippen LogP contribution in [0.15, 0.2) is 24.3 Å². The number of hydrogen-bond acceptors (Lipinski definition) is 2. The van der Waals surface area contributed by atoms with Gasteiger partial charge in [-0.2, -0.15) is 0 Å². The number of likely N-dealkylation sites (tertiary alicyclic amines) is 1. The van der Waals surface area contributed by atoms with Gasteiger partial charge in [-0.1, -0.05) is 31.9 Å². The highest BCUT2D eigenvalue weighted by atomic mass is 16.2. The van der Waals surface area contributed by atoms with Crippen LogP contribution in [-0.2, 0) is 10.2 Å². The van der Waals surface area contributed by atoms with Crippen molar-refractivity contribution < 1.29 is 4.79 Å². The van der Waals surface area contributed by atoms with Crippen molar-refractivity contribution in [1.82, 2.24) is 4.90 Å². The Morgan fingerprint density at radius 1 is 1.24 bits per heavy atom. The van der Waals surface area contributed by atoms with Crippen LogP contribution in [0.2, 0.25) is 0 Å². The molecule has 1 aliphatic rings. The summed E-state index contributed by atoms with van der Waals surface area (Å²) in [7, 11) is 0. The molecule has 116 valence electrons. The summed E-state index contributed by atoms with van der Waals surface area (Å²) in [6.07, 6.45) is 5.79. The van der Waals surface area contributed by atoms with E-state index >= 15 is 0 Å². The molecule has 2 N–H and O–H groups in total. The number of nitrogens with zero attached hydrogens (tertiary/aromatic N) is 1. The van der Waals surface area contributed by atoms with E-state index in [1.807, 2.05) is 38.1 Å². The topological polar surface area (TPSA) is 46.3 Å². The van der Waals surface area contributed by atoms with Gasteiger partial charge in [0.2, 0.25) is 5.91 Å². The Bertz CT molecular complexity index is 478. The molecule has 1 aromatic carbocycles. The molecule has 0 aliphatic carbocycles. The van der Waals surface area contributed by atoms with Gasteiger partial charge in [0.15, 0.2) is 0 Å². The summed E-state index contributed by atoms with van der Waals surface area (Å²) in [4.78, 5) is 15.3. The highest BCUT2D eigenvalue weighted by Crippen LogP contribution is 2.30. The second-order valence-electron chi connectivity index (χ2n) is 6.66. The van der Waals surface area contributed by atoms with Crippen LogP contribution in [0, 0.1) is 0 Å². The van der Waals surface area contributed by atoms with Crippen molar-refractivity contribution in [3.63, 3.8) is 0 Å². The maximum Gasteiger partial charge on any atom is 0.232 e. The van der Waals surface area contributed by atoms with Crippen molar-refractivity contribution in [3.05, 3.63) is 29.8 Å². The third-order valence-electron chi connectivity index (χ3n) is 4.78. The Morgan fingerprint density at radius 3 is 2.52 bits per heavy atom. The number of nitrogen functional groups attached to an aromatic ring is 1. The Labute approximate surface area is 128 Å². The van der Waals surface area contributed by atoms with Gasteiger partial charge in [0.1, 0.15) is 0 Å². The molecule has 1 heterocycles. The van der Waals surface area contributed by atoms with Crippen molar-refractivity contribution in [2.24, 2.45) is 0 Å². The number of carbonyl (C=O) groups is 1. The van der Waals surface area contributed by atoms with Gasteiger partial charge in [0.25, 0.3) is 0 Å². The first-order chi connectivity index (χ1) is 9.96. The highest BCUT2D eigenvalue weighted by Gasteiger charge is 2.36. The molecule has 3 nitrogen and oxygen atoms in total. The van der Waals surface area contributed by atoms with Crippen molar-refractivity contribution in [3.8, 4) is 0 Å². The van der Waals surface area contributed by atoms with E-state index in [2.05, 4.69) is 11.8 Å². The van der Waals surface area contributed by atoms with Crippen molar-refractivity contribution in [2.45, 2.75) is 64.3 Å². The fourth-order valence-electron chi connectivity index (χ4n) is 3.25. The number of hydrogen-bond donors (Lipinski definition) is 1. The van der Waals surface area contributed by atoms with Crippen LogP contribution in [0.3, 0.4) is 0 Å². The number of anilines is 1. The first kappa shape index (κ1) is 15.9.